The zero-order valence-electron chi connectivity index (χ0n) is 14.4. The average molecular weight is 368 g/mol. The van der Waals surface area contributed by atoms with Crippen LogP contribution in [0.1, 0.15) is 11.7 Å². The van der Waals surface area contributed by atoms with Crippen LogP contribution in [0.15, 0.2) is 60.7 Å². The van der Waals surface area contributed by atoms with E-state index in [4.69, 9.17) is 4.74 Å². The molecule has 8 nitrogen and oxygen atoms in total. The quantitative estimate of drug-likeness (QED) is 0.348. The van der Waals surface area contributed by atoms with Gasteiger partial charge in [0.05, 0.1) is 23.8 Å². The molecule has 2 aromatic rings. The van der Waals surface area contributed by atoms with E-state index in [0.717, 1.165) is 0 Å². The maximum atomic E-state index is 13.0. The minimum Gasteiger partial charge on any atom is -0.473 e. The zero-order valence-corrected chi connectivity index (χ0v) is 14.4. The molecular weight excluding hydrogens is 352 g/mol. The lowest BCUT2D eigenvalue weighted by atomic mass is 10.1. The first-order chi connectivity index (χ1) is 13.0. The first kappa shape index (κ1) is 18.1. The number of methoxy groups -OCH3 is 1. The van der Waals surface area contributed by atoms with Crippen LogP contribution in [0.5, 0.6) is 5.75 Å². The minimum absolute atomic E-state index is 0.0887. The molecule has 0 bridgehead atoms. The predicted molar refractivity (Wildman–Crippen MR) is 96.4 cm³/mol. The molecule has 0 spiro atoms. The van der Waals surface area contributed by atoms with E-state index in [1.54, 1.807) is 24.3 Å². The lowest BCUT2D eigenvalue weighted by Gasteiger charge is -2.33. The summed E-state index contributed by atoms with van der Waals surface area (Å²) in [4.78, 5) is 36.2. The molecule has 8 heteroatoms. The van der Waals surface area contributed by atoms with Gasteiger partial charge in [0.15, 0.2) is 5.75 Å². The standard InChI is InChI=1S/C19H16N2O6/c1-26-17(22)8-5-11-20-15-10-9-14(21(24)25)12-16(15)27-18(19(20)23)13-6-3-2-4-7-13/h2-10,12,18H,11H2,1H3/b8-5+/t18-/m1/s1. The molecule has 0 fully saturated rings. The Kier molecular flexibility index (Phi) is 5.16. The number of nitro benzene ring substituents is 1. The van der Waals surface area contributed by atoms with Gasteiger partial charge in [-0.3, -0.25) is 14.9 Å². The van der Waals surface area contributed by atoms with Gasteiger partial charge in [0.1, 0.15) is 0 Å². The monoisotopic (exact) mass is 368 g/mol. The average Bonchev–Trinajstić information content (AvgIpc) is 2.69. The van der Waals surface area contributed by atoms with E-state index in [-0.39, 0.29) is 23.9 Å². The number of carbonyl (C=O) groups is 2. The molecule has 1 amide bonds. The zero-order chi connectivity index (χ0) is 19.4. The Labute approximate surface area is 154 Å². The van der Waals surface area contributed by atoms with E-state index in [1.165, 1.54) is 42.4 Å². The number of hydrogen-bond donors (Lipinski definition) is 0. The molecule has 0 saturated carbocycles. The van der Waals surface area contributed by atoms with Crippen molar-refractivity contribution >= 4 is 23.3 Å². The van der Waals surface area contributed by atoms with Crippen LogP contribution in [-0.2, 0) is 14.3 Å². The topological polar surface area (TPSA) is 99.0 Å². The summed E-state index contributed by atoms with van der Waals surface area (Å²) < 4.78 is 10.3. The van der Waals surface area contributed by atoms with Crippen molar-refractivity contribution < 1.29 is 24.0 Å². The molecule has 0 N–H and O–H groups in total. The van der Waals surface area contributed by atoms with E-state index < -0.39 is 17.0 Å². The number of nitrogens with zero attached hydrogens (tertiary/aromatic N) is 2. The Morgan fingerprint density at radius 3 is 2.70 bits per heavy atom. The van der Waals surface area contributed by atoms with E-state index in [1.807, 2.05) is 6.07 Å². The summed E-state index contributed by atoms with van der Waals surface area (Å²) in [6, 6.07) is 12.9. The largest absolute Gasteiger partial charge is 0.473 e. The molecule has 0 aromatic heterocycles. The van der Waals surface area contributed by atoms with E-state index in [0.29, 0.717) is 11.3 Å². The van der Waals surface area contributed by atoms with Gasteiger partial charge < -0.3 is 14.4 Å². The normalized spacial score (nSPS) is 16.0. The van der Waals surface area contributed by atoms with Gasteiger partial charge in [-0.15, -0.1) is 0 Å². The summed E-state index contributed by atoms with van der Waals surface area (Å²) in [5.41, 5.74) is 0.883. The van der Waals surface area contributed by atoms with Gasteiger partial charge in [-0.2, -0.15) is 0 Å². The second-order valence-corrected chi connectivity index (χ2v) is 5.69. The van der Waals surface area contributed by atoms with Crippen LogP contribution >= 0.6 is 0 Å². The Morgan fingerprint density at radius 2 is 2.04 bits per heavy atom. The fourth-order valence-electron chi connectivity index (χ4n) is 2.72. The highest BCUT2D eigenvalue weighted by Crippen LogP contribution is 2.40. The number of non-ortho nitro benzene ring substituents is 1. The maximum Gasteiger partial charge on any atom is 0.330 e. The number of esters is 1. The Hall–Kier alpha value is -3.68. The smallest absolute Gasteiger partial charge is 0.330 e. The van der Waals surface area contributed by atoms with E-state index in [2.05, 4.69) is 4.74 Å². The lowest BCUT2D eigenvalue weighted by Crippen LogP contribution is -2.41. The number of nitro groups is 1. The molecule has 3 rings (SSSR count). The third kappa shape index (κ3) is 3.79. The van der Waals surface area contributed by atoms with Gasteiger partial charge >= 0.3 is 5.97 Å². The number of rotatable bonds is 5. The molecule has 1 atom stereocenters. The summed E-state index contributed by atoms with van der Waals surface area (Å²) >= 11 is 0. The second-order valence-electron chi connectivity index (χ2n) is 5.69. The lowest BCUT2D eigenvalue weighted by molar-refractivity contribution is -0.384. The highest BCUT2D eigenvalue weighted by molar-refractivity contribution is 6.01. The van der Waals surface area contributed by atoms with Gasteiger partial charge in [0, 0.05) is 24.3 Å². The number of amides is 1. The van der Waals surface area contributed by atoms with Crippen LogP contribution < -0.4 is 9.64 Å². The third-order valence-electron chi connectivity index (χ3n) is 4.03. The van der Waals surface area contributed by atoms with Crippen LogP contribution in [0.3, 0.4) is 0 Å². The van der Waals surface area contributed by atoms with Crippen LogP contribution in [-0.4, -0.2) is 30.5 Å². The van der Waals surface area contributed by atoms with Crippen LogP contribution in [0.2, 0.25) is 0 Å². The molecule has 138 valence electrons. The molecule has 0 radical (unpaired) electrons. The first-order valence-corrected chi connectivity index (χ1v) is 8.07. The van der Waals surface area contributed by atoms with E-state index >= 15 is 0 Å². The van der Waals surface area contributed by atoms with Crippen LogP contribution in [0.4, 0.5) is 11.4 Å². The number of ether oxygens (including phenoxy) is 2. The fraction of sp³-hybridized carbons (Fsp3) is 0.158. The minimum atomic E-state index is -0.938. The van der Waals surface area contributed by atoms with Gasteiger partial charge in [-0.1, -0.05) is 36.4 Å². The number of fused-ring (bicyclic) bond motifs is 1. The molecule has 2 aromatic carbocycles. The summed E-state index contributed by atoms with van der Waals surface area (Å²) in [6.45, 7) is 0.0887. The van der Waals surface area contributed by atoms with Crippen molar-refractivity contribution in [2.45, 2.75) is 6.10 Å². The molecule has 1 aliphatic heterocycles. The van der Waals surface area contributed by atoms with Gasteiger partial charge in [-0.25, -0.2) is 4.79 Å². The van der Waals surface area contributed by atoms with Crippen molar-refractivity contribution in [2.75, 3.05) is 18.6 Å². The first-order valence-electron chi connectivity index (χ1n) is 8.07. The van der Waals surface area contributed by atoms with Crippen molar-refractivity contribution in [1.29, 1.82) is 0 Å². The van der Waals surface area contributed by atoms with Crippen molar-refractivity contribution in [3.63, 3.8) is 0 Å². The number of anilines is 1. The van der Waals surface area contributed by atoms with Crippen LogP contribution in [0.25, 0.3) is 0 Å². The second kappa shape index (κ2) is 7.69. The fourth-order valence-corrected chi connectivity index (χ4v) is 2.72. The van der Waals surface area contributed by atoms with Gasteiger partial charge in [0.2, 0.25) is 6.10 Å². The highest BCUT2D eigenvalue weighted by Gasteiger charge is 2.35. The van der Waals surface area contributed by atoms with Crippen molar-refractivity contribution in [1.82, 2.24) is 0 Å². The van der Waals surface area contributed by atoms with Crippen molar-refractivity contribution in [3.8, 4) is 5.75 Å². The van der Waals surface area contributed by atoms with E-state index in [9.17, 15) is 19.7 Å². The van der Waals surface area contributed by atoms with Gasteiger partial charge in [0.25, 0.3) is 11.6 Å². The molecule has 0 saturated heterocycles. The summed E-state index contributed by atoms with van der Waals surface area (Å²) in [5, 5.41) is 11.1. The number of benzene rings is 2. The van der Waals surface area contributed by atoms with Crippen molar-refractivity contribution in [2.24, 2.45) is 0 Å². The number of hydrogen-bond acceptors (Lipinski definition) is 6. The molecule has 1 heterocycles. The summed E-state index contributed by atoms with van der Waals surface area (Å²) in [7, 11) is 1.26. The maximum absolute atomic E-state index is 13.0. The Bertz CT molecular complexity index is 910. The Balaban J connectivity index is 2.00. The molecule has 0 aliphatic carbocycles. The summed E-state index contributed by atoms with van der Waals surface area (Å²) in [6.07, 6.45) is 1.76. The number of carbonyl (C=O) groups excluding carboxylic acids is 2. The highest BCUT2D eigenvalue weighted by atomic mass is 16.6. The van der Waals surface area contributed by atoms with Crippen molar-refractivity contribution in [3.05, 3.63) is 76.4 Å². The third-order valence-corrected chi connectivity index (χ3v) is 4.03. The van der Waals surface area contributed by atoms with Gasteiger partial charge in [-0.05, 0) is 6.07 Å². The Morgan fingerprint density at radius 1 is 1.30 bits per heavy atom. The molecule has 27 heavy (non-hydrogen) atoms. The SMILES string of the molecule is COC(=O)/C=C/CN1C(=O)[C@@H](c2ccccc2)Oc2cc([N+](=O)[O-])ccc21. The molecular formula is C19H16N2O6. The molecule has 1 aliphatic rings. The predicted octanol–water partition coefficient (Wildman–Crippen LogP) is 2.79. The molecule has 0 unspecified atom stereocenters. The van der Waals surface area contributed by atoms with Crippen LogP contribution in [0, 0.1) is 10.1 Å². The summed E-state index contributed by atoms with van der Waals surface area (Å²) in [5.74, 6) is -0.652.